The van der Waals surface area contributed by atoms with Gasteiger partial charge < -0.3 is 30.2 Å². The lowest BCUT2D eigenvalue weighted by Crippen LogP contribution is -2.28. The minimum atomic E-state index is -5.08. The van der Waals surface area contributed by atoms with Crippen LogP contribution in [0.1, 0.15) is 64.5 Å². The topological polar surface area (TPSA) is 130 Å². The summed E-state index contributed by atoms with van der Waals surface area (Å²) in [6.07, 6.45) is -4.57. The Kier molecular flexibility index (Phi) is 11.6. The Hall–Kier alpha value is -4.48. The van der Waals surface area contributed by atoms with Crippen LogP contribution in [0, 0.1) is 0 Å². The van der Waals surface area contributed by atoms with Crippen LogP contribution in [0.15, 0.2) is 54.6 Å². The Morgan fingerprint density at radius 1 is 1.02 bits per heavy atom. The quantitative estimate of drug-likeness (QED) is 0.240. The van der Waals surface area contributed by atoms with Gasteiger partial charge in [0, 0.05) is 11.4 Å². The molecule has 3 aromatic rings. The van der Waals surface area contributed by atoms with E-state index in [1.807, 2.05) is 68.4 Å². The molecule has 0 aliphatic rings. The van der Waals surface area contributed by atoms with Gasteiger partial charge in [0.15, 0.2) is 0 Å². The maximum Gasteiger partial charge on any atom is 0.490 e. The summed E-state index contributed by atoms with van der Waals surface area (Å²) in [6.45, 7) is 6.20. The number of esters is 1. The van der Waals surface area contributed by atoms with Gasteiger partial charge in [0.25, 0.3) is 5.91 Å². The molecule has 0 saturated heterocycles. The molecule has 0 fully saturated rings. The first-order valence-electron chi connectivity index (χ1n) is 12.4. The zero-order chi connectivity index (χ0) is 29.9. The lowest BCUT2D eigenvalue weighted by Gasteiger charge is -2.14. The minimum Gasteiger partial charge on any atom is -0.497 e. The number of alkyl halides is 3. The Bertz CT molecular complexity index is 1270. The van der Waals surface area contributed by atoms with E-state index in [-0.39, 0.29) is 18.6 Å². The second-order valence-electron chi connectivity index (χ2n) is 8.40. The number of H-pyrrole nitrogens is 1. The number of halogens is 3. The van der Waals surface area contributed by atoms with E-state index in [2.05, 4.69) is 15.6 Å². The average Bonchev–Trinajstić information content (AvgIpc) is 3.31. The number of carbonyl (C=O) groups is 3. The first-order chi connectivity index (χ1) is 18.9. The van der Waals surface area contributed by atoms with Gasteiger partial charge in [0.05, 0.1) is 31.9 Å². The molecule has 1 aromatic heterocycles. The average molecular weight is 564 g/mol. The second-order valence-corrected chi connectivity index (χ2v) is 8.40. The summed E-state index contributed by atoms with van der Waals surface area (Å²) in [5.74, 6) is -2.70. The normalized spacial score (nSPS) is 11.5. The van der Waals surface area contributed by atoms with Crippen LogP contribution in [0.4, 0.5) is 18.9 Å². The highest BCUT2D eigenvalue weighted by Gasteiger charge is 2.38. The number of hydrogen-bond acceptors (Lipinski definition) is 6. The number of methoxy groups -OCH3 is 1. The van der Waals surface area contributed by atoms with Crippen molar-refractivity contribution in [2.45, 2.75) is 46.0 Å². The fourth-order valence-electron chi connectivity index (χ4n) is 3.72. The highest BCUT2D eigenvalue weighted by molar-refractivity contribution is 6.01. The van der Waals surface area contributed by atoms with Crippen LogP contribution in [0.3, 0.4) is 0 Å². The molecule has 1 amide bonds. The van der Waals surface area contributed by atoms with E-state index in [1.165, 1.54) is 0 Å². The van der Waals surface area contributed by atoms with Crippen molar-refractivity contribution in [2.75, 3.05) is 19.0 Å². The van der Waals surface area contributed by atoms with Crippen LogP contribution in [-0.2, 0) is 22.5 Å². The smallest absolute Gasteiger partial charge is 0.490 e. The van der Waals surface area contributed by atoms with Crippen molar-refractivity contribution >= 4 is 23.5 Å². The summed E-state index contributed by atoms with van der Waals surface area (Å²) < 4.78 is 42.2. The molecular formula is C28H32F3N3O6. The van der Waals surface area contributed by atoms with Crippen molar-refractivity contribution in [1.82, 2.24) is 10.3 Å². The van der Waals surface area contributed by atoms with Gasteiger partial charge in [-0.3, -0.25) is 4.79 Å². The molecule has 1 atom stereocenters. The molecule has 216 valence electrons. The predicted octanol–water partition coefficient (Wildman–Crippen LogP) is 5.50. The number of aliphatic carboxylic acids is 1. The Morgan fingerprint density at radius 3 is 2.12 bits per heavy atom. The third-order valence-electron chi connectivity index (χ3n) is 5.69. The van der Waals surface area contributed by atoms with Crippen molar-refractivity contribution in [3.8, 4) is 5.75 Å². The molecule has 0 spiro atoms. The number of amides is 1. The van der Waals surface area contributed by atoms with Crippen LogP contribution < -0.4 is 15.4 Å². The maximum atomic E-state index is 13.2. The molecule has 40 heavy (non-hydrogen) atoms. The number of carbonyl (C=O) groups excluding carboxylic acids is 2. The number of aromatic amines is 1. The Labute approximate surface area is 229 Å². The fraction of sp³-hybridized carbons (Fsp3) is 0.321. The molecule has 0 saturated carbocycles. The standard InChI is InChI=1S/C26H31N3O4.C2HF3O2/c1-5-21-23(26(31)33-6-2)22(16-27-19-12-14-20(32-4)15-13-19)29-24(21)25(30)28-17(3)18-10-8-7-9-11-18;3-2(4,5)1(6)7/h7-15,17,27,29H,5-6,16H2,1-4H3,(H,28,30);(H,6,7)/t17-;/m0./s1. The number of carboxylic acid groups (broad SMARTS) is 1. The monoisotopic (exact) mass is 563 g/mol. The van der Waals surface area contributed by atoms with Gasteiger partial charge in [0.1, 0.15) is 11.4 Å². The van der Waals surface area contributed by atoms with Crippen LogP contribution in [0.25, 0.3) is 0 Å². The van der Waals surface area contributed by atoms with Gasteiger partial charge in [-0.05, 0) is 55.7 Å². The SMILES string of the molecule is CCOC(=O)c1c(CNc2ccc(OC)cc2)[nH]c(C(=O)N[C@@H](C)c2ccccc2)c1CC.O=C(O)C(F)(F)F. The summed E-state index contributed by atoms with van der Waals surface area (Å²) in [5.41, 5.74) is 3.92. The maximum absolute atomic E-state index is 13.2. The van der Waals surface area contributed by atoms with Gasteiger partial charge in [-0.25, -0.2) is 9.59 Å². The fourth-order valence-corrected chi connectivity index (χ4v) is 3.72. The van der Waals surface area contributed by atoms with Crippen molar-refractivity contribution in [3.05, 3.63) is 82.7 Å². The summed E-state index contributed by atoms with van der Waals surface area (Å²) >= 11 is 0. The number of benzene rings is 2. The lowest BCUT2D eigenvalue weighted by molar-refractivity contribution is -0.192. The second kappa shape index (κ2) is 14.6. The number of rotatable bonds is 10. The number of carboxylic acids is 1. The van der Waals surface area contributed by atoms with E-state index < -0.39 is 18.1 Å². The summed E-state index contributed by atoms with van der Waals surface area (Å²) in [7, 11) is 1.62. The molecule has 0 aliphatic carbocycles. The van der Waals surface area contributed by atoms with E-state index in [0.29, 0.717) is 35.5 Å². The highest BCUT2D eigenvalue weighted by atomic mass is 19.4. The molecule has 9 nitrogen and oxygen atoms in total. The summed E-state index contributed by atoms with van der Waals surface area (Å²) in [6, 6.07) is 17.0. The van der Waals surface area contributed by atoms with E-state index in [4.69, 9.17) is 19.4 Å². The summed E-state index contributed by atoms with van der Waals surface area (Å²) in [4.78, 5) is 38.1. The Morgan fingerprint density at radius 2 is 1.62 bits per heavy atom. The van der Waals surface area contributed by atoms with Crippen molar-refractivity contribution in [1.29, 1.82) is 0 Å². The molecule has 0 unspecified atom stereocenters. The molecule has 3 rings (SSSR count). The molecule has 0 bridgehead atoms. The van der Waals surface area contributed by atoms with Gasteiger partial charge >= 0.3 is 18.1 Å². The first-order valence-corrected chi connectivity index (χ1v) is 12.4. The van der Waals surface area contributed by atoms with Crippen molar-refractivity contribution in [2.24, 2.45) is 0 Å². The Balaban J connectivity index is 0.000000708. The molecule has 12 heteroatoms. The largest absolute Gasteiger partial charge is 0.497 e. The molecule has 0 radical (unpaired) electrons. The molecule has 1 heterocycles. The lowest BCUT2D eigenvalue weighted by atomic mass is 10.0. The number of ether oxygens (including phenoxy) is 2. The molecule has 4 N–H and O–H groups in total. The van der Waals surface area contributed by atoms with Crippen LogP contribution >= 0.6 is 0 Å². The van der Waals surface area contributed by atoms with Crippen LogP contribution in [0.2, 0.25) is 0 Å². The highest BCUT2D eigenvalue weighted by Crippen LogP contribution is 2.24. The van der Waals surface area contributed by atoms with E-state index in [0.717, 1.165) is 17.0 Å². The van der Waals surface area contributed by atoms with E-state index in [1.54, 1.807) is 14.0 Å². The minimum absolute atomic E-state index is 0.182. The van der Waals surface area contributed by atoms with E-state index >= 15 is 0 Å². The third-order valence-corrected chi connectivity index (χ3v) is 5.69. The summed E-state index contributed by atoms with van der Waals surface area (Å²) in [5, 5.41) is 13.4. The molecular weight excluding hydrogens is 531 g/mol. The number of nitrogens with one attached hydrogen (secondary N) is 3. The number of aromatic nitrogens is 1. The van der Waals surface area contributed by atoms with Crippen molar-refractivity contribution in [3.63, 3.8) is 0 Å². The van der Waals surface area contributed by atoms with Crippen LogP contribution in [-0.4, -0.2) is 47.8 Å². The van der Waals surface area contributed by atoms with Crippen molar-refractivity contribution < 1.29 is 42.1 Å². The number of hydrogen-bond donors (Lipinski definition) is 4. The molecule has 0 aliphatic heterocycles. The van der Waals surface area contributed by atoms with Gasteiger partial charge in [-0.15, -0.1) is 0 Å². The van der Waals surface area contributed by atoms with Gasteiger partial charge in [-0.1, -0.05) is 37.3 Å². The number of anilines is 1. The zero-order valence-electron chi connectivity index (χ0n) is 22.5. The zero-order valence-corrected chi connectivity index (χ0v) is 22.5. The van der Waals surface area contributed by atoms with Gasteiger partial charge in [0.2, 0.25) is 0 Å². The van der Waals surface area contributed by atoms with Gasteiger partial charge in [-0.2, -0.15) is 13.2 Å². The molecule has 2 aromatic carbocycles. The predicted molar refractivity (Wildman–Crippen MR) is 142 cm³/mol. The third kappa shape index (κ3) is 8.79. The van der Waals surface area contributed by atoms with E-state index in [9.17, 15) is 22.8 Å². The first kappa shape index (κ1) is 31.7. The van der Waals surface area contributed by atoms with Crippen LogP contribution in [0.5, 0.6) is 5.75 Å².